The first-order valence-corrected chi connectivity index (χ1v) is 5.28. The zero-order valence-corrected chi connectivity index (χ0v) is 9.03. The highest BCUT2D eigenvalue weighted by molar-refractivity contribution is 5.11. The van der Waals surface area contributed by atoms with Crippen LogP contribution in [0.15, 0.2) is 42.6 Å². The molecule has 0 amide bonds. The van der Waals surface area contributed by atoms with Crippen LogP contribution in [0.4, 0.5) is 0 Å². The fourth-order valence-electron chi connectivity index (χ4n) is 1.16. The second-order valence-electron chi connectivity index (χ2n) is 3.60. The van der Waals surface area contributed by atoms with E-state index < -0.39 is 0 Å². The van der Waals surface area contributed by atoms with Crippen molar-refractivity contribution in [3.05, 3.63) is 48.3 Å². The highest BCUT2D eigenvalue weighted by atomic mass is 14.7. The van der Waals surface area contributed by atoms with E-state index in [9.17, 15) is 0 Å². The highest BCUT2D eigenvalue weighted by Crippen LogP contribution is 2.02. The molecule has 0 fully saturated rings. The summed E-state index contributed by atoms with van der Waals surface area (Å²) in [5, 5.41) is 0. The minimum Gasteiger partial charge on any atom is -0.365 e. The number of rotatable bonds is 5. The van der Waals surface area contributed by atoms with E-state index in [0.717, 1.165) is 6.42 Å². The molecule has 76 valence electrons. The third-order valence-electron chi connectivity index (χ3n) is 2.33. The summed E-state index contributed by atoms with van der Waals surface area (Å²) in [4.78, 5) is 3.17. The van der Waals surface area contributed by atoms with Crippen molar-refractivity contribution in [3.63, 3.8) is 0 Å². The number of allylic oxidation sites excluding steroid dienone is 4. The maximum absolute atomic E-state index is 3.17. The molecule has 1 unspecified atom stereocenters. The summed E-state index contributed by atoms with van der Waals surface area (Å²) in [6.07, 6.45) is 12.8. The molecule has 0 aliphatic rings. The smallest absolute Gasteiger partial charge is 0.0185 e. The largest absolute Gasteiger partial charge is 0.365 e. The van der Waals surface area contributed by atoms with Gasteiger partial charge in [-0.3, -0.25) is 0 Å². The van der Waals surface area contributed by atoms with Gasteiger partial charge in [-0.25, -0.2) is 0 Å². The molecule has 1 N–H and O–H groups in total. The molecular weight excluding hydrogens is 170 g/mol. The van der Waals surface area contributed by atoms with Crippen LogP contribution in [0.3, 0.4) is 0 Å². The lowest BCUT2D eigenvalue weighted by molar-refractivity contribution is 0.698. The fraction of sp³-hybridized carbons (Fsp3) is 0.385. The van der Waals surface area contributed by atoms with E-state index in [1.165, 1.54) is 12.1 Å². The van der Waals surface area contributed by atoms with Crippen molar-refractivity contribution in [1.29, 1.82) is 0 Å². The molecule has 0 saturated heterocycles. The summed E-state index contributed by atoms with van der Waals surface area (Å²) in [6.45, 7) is 4.44. The van der Waals surface area contributed by atoms with Crippen molar-refractivity contribution in [2.24, 2.45) is 5.92 Å². The lowest BCUT2D eigenvalue weighted by Crippen LogP contribution is -1.83. The Balaban J connectivity index is 2.25. The molecule has 1 aromatic rings. The predicted molar refractivity (Wildman–Crippen MR) is 62.2 cm³/mol. The molecule has 0 aromatic carbocycles. The lowest BCUT2D eigenvalue weighted by Gasteiger charge is -1.96. The van der Waals surface area contributed by atoms with Crippen molar-refractivity contribution in [1.82, 2.24) is 4.98 Å². The molecule has 0 aliphatic heterocycles. The van der Waals surface area contributed by atoms with Crippen LogP contribution in [-0.4, -0.2) is 4.98 Å². The lowest BCUT2D eigenvalue weighted by atomic mass is 10.1. The maximum Gasteiger partial charge on any atom is 0.0185 e. The topological polar surface area (TPSA) is 15.8 Å². The third kappa shape index (κ3) is 4.13. The Morgan fingerprint density at radius 2 is 2.29 bits per heavy atom. The Hall–Kier alpha value is -1.24. The van der Waals surface area contributed by atoms with Gasteiger partial charge in [0.1, 0.15) is 0 Å². The van der Waals surface area contributed by atoms with Crippen molar-refractivity contribution >= 4 is 0 Å². The number of aromatic amines is 1. The van der Waals surface area contributed by atoms with E-state index in [2.05, 4.69) is 49.2 Å². The number of hydrogen-bond donors (Lipinski definition) is 1. The summed E-state index contributed by atoms with van der Waals surface area (Å²) in [7, 11) is 0. The second-order valence-corrected chi connectivity index (χ2v) is 3.60. The van der Waals surface area contributed by atoms with Gasteiger partial charge < -0.3 is 4.98 Å². The molecule has 0 bridgehead atoms. The minimum atomic E-state index is 0.685. The van der Waals surface area contributed by atoms with Crippen molar-refractivity contribution in [2.45, 2.75) is 26.7 Å². The van der Waals surface area contributed by atoms with E-state index in [-0.39, 0.29) is 0 Å². The van der Waals surface area contributed by atoms with Crippen LogP contribution in [0.5, 0.6) is 0 Å². The molecule has 14 heavy (non-hydrogen) atoms. The monoisotopic (exact) mass is 189 g/mol. The van der Waals surface area contributed by atoms with E-state index in [1.807, 2.05) is 12.3 Å². The molecular formula is C13H19N. The zero-order chi connectivity index (χ0) is 10.2. The second kappa shape index (κ2) is 6.25. The van der Waals surface area contributed by atoms with E-state index in [0.29, 0.717) is 5.92 Å². The zero-order valence-electron chi connectivity index (χ0n) is 9.03. The standard InChI is InChI=1S/C13H19N/c1-3-12(2)8-5-4-6-9-13-10-7-11-14-13/h4-8,10-12,14H,3,9H2,1-2H3/b6-4+,8-5+. The molecule has 0 radical (unpaired) electrons. The van der Waals surface area contributed by atoms with Crippen LogP contribution >= 0.6 is 0 Å². The van der Waals surface area contributed by atoms with Crippen LogP contribution in [0.25, 0.3) is 0 Å². The quantitative estimate of drug-likeness (QED) is 0.679. The van der Waals surface area contributed by atoms with E-state index in [4.69, 9.17) is 0 Å². The normalized spacial score (nSPS) is 14.1. The first-order valence-electron chi connectivity index (χ1n) is 5.28. The molecule has 0 aliphatic carbocycles. The summed E-state index contributed by atoms with van der Waals surface area (Å²) >= 11 is 0. The molecule has 1 nitrogen and oxygen atoms in total. The number of H-pyrrole nitrogens is 1. The average molecular weight is 189 g/mol. The van der Waals surface area contributed by atoms with Gasteiger partial charge in [0.2, 0.25) is 0 Å². The molecule has 0 saturated carbocycles. The van der Waals surface area contributed by atoms with Gasteiger partial charge >= 0.3 is 0 Å². The minimum absolute atomic E-state index is 0.685. The summed E-state index contributed by atoms with van der Waals surface area (Å²) < 4.78 is 0. The van der Waals surface area contributed by atoms with Crippen molar-refractivity contribution in [3.8, 4) is 0 Å². The van der Waals surface area contributed by atoms with Gasteiger partial charge in [-0.2, -0.15) is 0 Å². The first-order chi connectivity index (χ1) is 6.83. The van der Waals surface area contributed by atoms with Gasteiger partial charge in [-0.1, -0.05) is 44.6 Å². The molecule has 1 aromatic heterocycles. The Morgan fingerprint density at radius 3 is 2.93 bits per heavy atom. The van der Waals surface area contributed by atoms with Gasteiger partial charge in [-0.05, 0) is 18.1 Å². The number of hydrogen-bond acceptors (Lipinski definition) is 0. The fourth-order valence-corrected chi connectivity index (χ4v) is 1.16. The van der Waals surface area contributed by atoms with Crippen LogP contribution in [-0.2, 0) is 6.42 Å². The first kappa shape index (κ1) is 10.8. The molecule has 1 rings (SSSR count). The molecule has 1 atom stereocenters. The Kier molecular flexibility index (Phi) is 4.84. The highest BCUT2D eigenvalue weighted by Gasteiger charge is 1.88. The average Bonchev–Trinajstić information content (AvgIpc) is 2.69. The SMILES string of the molecule is CCC(C)/C=C/C=C/Cc1ccc[nH]1. The van der Waals surface area contributed by atoms with Crippen LogP contribution in [0.2, 0.25) is 0 Å². The molecule has 0 spiro atoms. The van der Waals surface area contributed by atoms with E-state index in [1.54, 1.807) is 0 Å². The van der Waals surface area contributed by atoms with Crippen molar-refractivity contribution in [2.75, 3.05) is 0 Å². The third-order valence-corrected chi connectivity index (χ3v) is 2.33. The van der Waals surface area contributed by atoms with E-state index >= 15 is 0 Å². The van der Waals surface area contributed by atoms with Gasteiger partial charge in [-0.15, -0.1) is 0 Å². The Morgan fingerprint density at radius 1 is 1.43 bits per heavy atom. The van der Waals surface area contributed by atoms with Crippen LogP contribution in [0, 0.1) is 5.92 Å². The number of nitrogens with one attached hydrogen (secondary N) is 1. The summed E-state index contributed by atoms with van der Waals surface area (Å²) in [5.74, 6) is 0.685. The van der Waals surface area contributed by atoms with Gasteiger partial charge in [0.15, 0.2) is 0 Å². The van der Waals surface area contributed by atoms with Gasteiger partial charge in [0.05, 0.1) is 0 Å². The van der Waals surface area contributed by atoms with Crippen LogP contribution in [0.1, 0.15) is 26.0 Å². The predicted octanol–water partition coefficient (Wildman–Crippen LogP) is 3.72. The number of aromatic nitrogens is 1. The molecule has 1 heteroatoms. The summed E-state index contributed by atoms with van der Waals surface area (Å²) in [5.41, 5.74) is 1.26. The van der Waals surface area contributed by atoms with Crippen molar-refractivity contribution < 1.29 is 0 Å². The molecule has 1 heterocycles. The van der Waals surface area contributed by atoms with Gasteiger partial charge in [0, 0.05) is 18.3 Å². The summed E-state index contributed by atoms with van der Waals surface area (Å²) in [6, 6.07) is 4.13. The Labute approximate surface area is 86.5 Å². The maximum atomic E-state index is 3.17. The Bertz CT molecular complexity index is 280. The van der Waals surface area contributed by atoms with Gasteiger partial charge in [0.25, 0.3) is 0 Å². The van der Waals surface area contributed by atoms with Crippen LogP contribution < -0.4 is 0 Å².